The van der Waals surface area contributed by atoms with Crippen molar-refractivity contribution in [1.29, 1.82) is 0 Å². The Labute approximate surface area is 132 Å². The molecular formula is C18H24N2O2. The van der Waals surface area contributed by atoms with Crippen LogP contribution in [0.3, 0.4) is 0 Å². The van der Waals surface area contributed by atoms with Crippen LogP contribution in [0.25, 0.3) is 11.1 Å². The lowest BCUT2D eigenvalue weighted by Crippen LogP contribution is -2.08. The van der Waals surface area contributed by atoms with Gasteiger partial charge in [0.15, 0.2) is 0 Å². The van der Waals surface area contributed by atoms with Gasteiger partial charge in [-0.05, 0) is 35.4 Å². The predicted octanol–water partition coefficient (Wildman–Crippen LogP) is 3.58. The molecule has 0 aliphatic carbocycles. The standard InChI is InChI=1S/C16H20N2.C2H4O2/c1-17(2)15-9-5-13(6-10-15)14-7-11-16(12-8-14)18(3)4;1-2(3)4/h5-12H,1-4H3;1H3,(H,3,4). The van der Waals surface area contributed by atoms with Crippen molar-refractivity contribution in [2.24, 2.45) is 0 Å². The Morgan fingerprint density at radius 2 is 0.955 bits per heavy atom. The summed E-state index contributed by atoms with van der Waals surface area (Å²) in [4.78, 5) is 13.2. The summed E-state index contributed by atoms with van der Waals surface area (Å²) in [5.41, 5.74) is 4.96. The monoisotopic (exact) mass is 300 g/mol. The van der Waals surface area contributed by atoms with Crippen molar-refractivity contribution in [2.75, 3.05) is 38.0 Å². The van der Waals surface area contributed by atoms with Crippen LogP contribution in [0.4, 0.5) is 11.4 Å². The van der Waals surface area contributed by atoms with E-state index >= 15 is 0 Å². The minimum absolute atomic E-state index is 0.833. The molecule has 0 saturated heterocycles. The minimum Gasteiger partial charge on any atom is -0.481 e. The van der Waals surface area contributed by atoms with Crippen LogP contribution < -0.4 is 9.80 Å². The van der Waals surface area contributed by atoms with E-state index < -0.39 is 5.97 Å². The van der Waals surface area contributed by atoms with Crippen molar-refractivity contribution < 1.29 is 9.90 Å². The van der Waals surface area contributed by atoms with Crippen LogP contribution in [-0.4, -0.2) is 39.3 Å². The Hall–Kier alpha value is -2.49. The number of carboxylic acids is 1. The molecular weight excluding hydrogens is 276 g/mol. The van der Waals surface area contributed by atoms with Crippen molar-refractivity contribution in [2.45, 2.75) is 6.92 Å². The van der Waals surface area contributed by atoms with E-state index in [2.05, 4.69) is 86.5 Å². The van der Waals surface area contributed by atoms with Gasteiger partial charge in [0.1, 0.15) is 0 Å². The first kappa shape index (κ1) is 17.6. The summed E-state index contributed by atoms with van der Waals surface area (Å²) in [6, 6.07) is 17.3. The van der Waals surface area contributed by atoms with Crippen LogP contribution >= 0.6 is 0 Å². The molecule has 1 N–H and O–H groups in total. The highest BCUT2D eigenvalue weighted by atomic mass is 16.4. The molecule has 0 atom stereocenters. The molecule has 0 saturated carbocycles. The largest absolute Gasteiger partial charge is 0.481 e. The number of aliphatic carboxylic acids is 1. The normalized spacial score (nSPS) is 9.50. The Morgan fingerprint density at radius 3 is 1.14 bits per heavy atom. The summed E-state index contributed by atoms with van der Waals surface area (Å²) in [7, 11) is 8.23. The fourth-order valence-electron chi connectivity index (χ4n) is 1.90. The first-order valence-corrected chi connectivity index (χ1v) is 7.06. The first-order chi connectivity index (χ1) is 10.3. The lowest BCUT2D eigenvalue weighted by molar-refractivity contribution is -0.134. The summed E-state index contributed by atoms with van der Waals surface area (Å²) in [6.45, 7) is 1.08. The average Bonchev–Trinajstić information content (AvgIpc) is 2.47. The lowest BCUT2D eigenvalue weighted by atomic mass is 10.0. The van der Waals surface area contributed by atoms with Crippen LogP contribution in [0, 0.1) is 0 Å². The first-order valence-electron chi connectivity index (χ1n) is 7.06. The maximum absolute atomic E-state index is 9.00. The smallest absolute Gasteiger partial charge is 0.300 e. The van der Waals surface area contributed by atoms with E-state index in [0.717, 1.165) is 6.92 Å². The molecule has 2 aromatic carbocycles. The highest BCUT2D eigenvalue weighted by Gasteiger charge is 2.00. The third kappa shape index (κ3) is 5.48. The van der Waals surface area contributed by atoms with Crippen LogP contribution in [0.1, 0.15) is 6.92 Å². The van der Waals surface area contributed by atoms with Gasteiger partial charge in [-0.25, -0.2) is 0 Å². The third-order valence-electron chi connectivity index (χ3n) is 3.10. The fourth-order valence-corrected chi connectivity index (χ4v) is 1.90. The number of nitrogens with zero attached hydrogens (tertiary/aromatic N) is 2. The highest BCUT2D eigenvalue weighted by molar-refractivity contribution is 5.68. The summed E-state index contributed by atoms with van der Waals surface area (Å²) in [6.07, 6.45) is 0. The van der Waals surface area contributed by atoms with Gasteiger partial charge >= 0.3 is 0 Å². The molecule has 2 rings (SSSR count). The highest BCUT2D eigenvalue weighted by Crippen LogP contribution is 2.24. The molecule has 0 heterocycles. The topological polar surface area (TPSA) is 43.8 Å². The SMILES string of the molecule is CC(=O)O.CN(C)c1ccc(-c2ccc(N(C)C)cc2)cc1. The van der Waals surface area contributed by atoms with Crippen molar-refractivity contribution in [1.82, 2.24) is 0 Å². The minimum atomic E-state index is -0.833. The van der Waals surface area contributed by atoms with Crippen LogP contribution in [0.2, 0.25) is 0 Å². The van der Waals surface area contributed by atoms with E-state index in [9.17, 15) is 0 Å². The molecule has 0 aliphatic heterocycles. The molecule has 0 aromatic heterocycles. The molecule has 22 heavy (non-hydrogen) atoms. The second kappa shape index (κ2) is 8.08. The number of carboxylic acid groups (broad SMARTS) is 1. The van der Waals surface area contributed by atoms with Gasteiger partial charge in [0.25, 0.3) is 5.97 Å². The quantitative estimate of drug-likeness (QED) is 0.941. The zero-order valence-electron chi connectivity index (χ0n) is 13.9. The Morgan fingerprint density at radius 1 is 0.727 bits per heavy atom. The average molecular weight is 300 g/mol. The molecule has 0 radical (unpaired) electrons. The molecule has 0 amide bonds. The van der Waals surface area contributed by atoms with Gasteiger partial charge in [-0.2, -0.15) is 0 Å². The second-order valence-corrected chi connectivity index (χ2v) is 5.40. The molecule has 0 unspecified atom stereocenters. The zero-order chi connectivity index (χ0) is 16.7. The number of hydrogen-bond donors (Lipinski definition) is 1. The lowest BCUT2D eigenvalue weighted by Gasteiger charge is -2.14. The van der Waals surface area contributed by atoms with Gasteiger partial charge in [-0.15, -0.1) is 0 Å². The summed E-state index contributed by atoms with van der Waals surface area (Å²) in [5, 5.41) is 7.42. The predicted molar refractivity (Wildman–Crippen MR) is 93.8 cm³/mol. The molecule has 0 fully saturated rings. The number of rotatable bonds is 3. The molecule has 0 aliphatic rings. The van der Waals surface area contributed by atoms with Crippen LogP contribution in [0.5, 0.6) is 0 Å². The maximum atomic E-state index is 9.00. The van der Waals surface area contributed by atoms with Crippen LogP contribution in [-0.2, 0) is 4.79 Å². The Kier molecular flexibility index (Phi) is 6.45. The maximum Gasteiger partial charge on any atom is 0.300 e. The summed E-state index contributed by atoms with van der Waals surface area (Å²) in [5.74, 6) is -0.833. The van der Waals surface area contributed by atoms with E-state index in [-0.39, 0.29) is 0 Å². The van der Waals surface area contributed by atoms with Gasteiger partial charge in [0, 0.05) is 46.5 Å². The van der Waals surface area contributed by atoms with E-state index in [1.54, 1.807) is 0 Å². The van der Waals surface area contributed by atoms with Crippen LogP contribution in [0.15, 0.2) is 48.5 Å². The molecule has 0 bridgehead atoms. The summed E-state index contributed by atoms with van der Waals surface area (Å²) >= 11 is 0. The van der Waals surface area contributed by atoms with Crippen molar-refractivity contribution in [3.63, 3.8) is 0 Å². The molecule has 4 nitrogen and oxygen atoms in total. The second-order valence-electron chi connectivity index (χ2n) is 5.40. The number of benzene rings is 2. The fraction of sp³-hybridized carbons (Fsp3) is 0.278. The number of anilines is 2. The Bertz CT molecular complexity index is 534. The molecule has 118 valence electrons. The van der Waals surface area contributed by atoms with Crippen molar-refractivity contribution >= 4 is 17.3 Å². The van der Waals surface area contributed by atoms with Gasteiger partial charge in [-0.3, -0.25) is 4.79 Å². The van der Waals surface area contributed by atoms with Gasteiger partial charge in [-0.1, -0.05) is 24.3 Å². The third-order valence-corrected chi connectivity index (χ3v) is 3.10. The van der Waals surface area contributed by atoms with E-state index in [0.29, 0.717) is 0 Å². The van der Waals surface area contributed by atoms with Gasteiger partial charge in [0.05, 0.1) is 0 Å². The molecule has 0 spiro atoms. The van der Waals surface area contributed by atoms with Gasteiger partial charge < -0.3 is 14.9 Å². The summed E-state index contributed by atoms with van der Waals surface area (Å²) < 4.78 is 0. The van der Waals surface area contributed by atoms with Gasteiger partial charge in [0.2, 0.25) is 0 Å². The zero-order valence-corrected chi connectivity index (χ0v) is 13.9. The van der Waals surface area contributed by atoms with Crippen molar-refractivity contribution in [3.05, 3.63) is 48.5 Å². The molecule has 4 heteroatoms. The number of hydrogen-bond acceptors (Lipinski definition) is 3. The van der Waals surface area contributed by atoms with Crippen molar-refractivity contribution in [3.8, 4) is 11.1 Å². The van der Waals surface area contributed by atoms with E-state index in [1.807, 2.05) is 0 Å². The van der Waals surface area contributed by atoms with E-state index in [1.165, 1.54) is 22.5 Å². The van der Waals surface area contributed by atoms with E-state index in [4.69, 9.17) is 9.90 Å². The Balaban J connectivity index is 0.000000541. The molecule has 2 aromatic rings. The number of carbonyl (C=O) groups is 1.